The van der Waals surface area contributed by atoms with Crippen LogP contribution in [0, 0.1) is 0 Å². The molecule has 0 saturated carbocycles. The summed E-state index contributed by atoms with van der Waals surface area (Å²) in [7, 11) is 0. The van der Waals surface area contributed by atoms with Gasteiger partial charge in [0.15, 0.2) is 0 Å². The molecule has 0 spiro atoms. The van der Waals surface area contributed by atoms with Crippen molar-refractivity contribution in [1.82, 2.24) is 6.15 Å². The second-order valence-corrected chi connectivity index (χ2v) is 0. The molecule has 0 aliphatic carbocycles. The number of hydrogen-bond acceptors (Lipinski definition) is 1. The van der Waals surface area contributed by atoms with Gasteiger partial charge in [-0.05, 0) is 0 Å². The molecule has 0 radical (unpaired) electrons. The number of halogens is 1. The van der Waals surface area contributed by atoms with Crippen molar-refractivity contribution in [2.45, 2.75) is 0 Å². The maximum atomic E-state index is 8.25. The fourth-order valence-corrected chi connectivity index (χ4v) is 0. The summed E-state index contributed by atoms with van der Waals surface area (Å²) in [6, 6.07) is 0. The van der Waals surface area contributed by atoms with Crippen LogP contribution in [-0.2, 0) is 22.4 Å². The Morgan fingerprint density at radius 1 is 1.25 bits per heavy atom. The van der Waals surface area contributed by atoms with E-state index in [9.17, 15) is 0 Å². The summed E-state index contributed by atoms with van der Waals surface area (Å²) in [4.78, 5) is 0. The van der Waals surface area contributed by atoms with Crippen LogP contribution < -0.4 is 18.6 Å². The predicted molar refractivity (Wildman–Crippen MR) is 6.67 cm³/mol. The minimum absolute atomic E-state index is 0. The Morgan fingerprint density at radius 2 is 1.25 bits per heavy atom. The first-order valence-corrected chi connectivity index (χ1v) is 1.11. The van der Waals surface area contributed by atoms with Crippen LogP contribution in [0.25, 0.3) is 0 Å². The van der Waals surface area contributed by atoms with Crippen molar-refractivity contribution in [3.05, 3.63) is 0 Å². The monoisotopic (exact) mass is 262 g/mol. The summed E-state index contributed by atoms with van der Waals surface area (Å²) >= 11 is 0.750. The van der Waals surface area contributed by atoms with E-state index in [1.165, 1.54) is 0 Å². The molecule has 0 unspecified atom stereocenters. The first-order valence-electron chi connectivity index (χ1n) is 0.136. The Labute approximate surface area is 41.4 Å². The van der Waals surface area contributed by atoms with Gasteiger partial charge in [-0.15, -0.1) is 0 Å². The standard InChI is InChI=1S/ClH.Ir.H3N.O/h1H;;1H3;. The molecule has 0 aliphatic rings. The topological polar surface area (TPSA) is 53.6 Å². The van der Waals surface area contributed by atoms with Crippen LogP contribution in [0.1, 0.15) is 0 Å². The third-order valence-electron chi connectivity index (χ3n) is 0. The van der Waals surface area contributed by atoms with Crippen LogP contribution in [0.2, 0.25) is 0 Å². The van der Waals surface area contributed by atoms with Crippen molar-refractivity contribution in [3.8, 4) is 0 Å². The van der Waals surface area contributed by atoms with E-state index in [1.807, 2.05) is 0 Å². The van der Waals surface area contributed by atoms with Gasteiger partial charge in [-0.1, -0.05) is 0 Å². The van der Waals surface area contributed by atoms with Gasteiger partial charge in [0.1, 0.15) is 0 Å². The van der Waals surface area contributed by atoms with Gasteiger partial charge < -0.3 is 18.6 Å². The van der Waals surface area contributed by atoms with E-state index in [1.54, 1.807) is 0 Å². The van der Waals surface area contributed by atoms with Crippen LogP contribution in [0.3, 0.4) is 0 Å². The average Bonchev–Trinajstić information content (AvgIpc) is 1.00. The van der Waals surface area contributed by atoms with Gasteiger partial charge in [0, 0.05) is 0 Å². The zero-order valence-electron chi connectivity index (χ0n) is 2.12. The molecular weight excluding hydrogens is 258 g/mol. The molecule has 2 nitrogen and oxygen atoms in total. The van der Waals surface area contributed by atoms with Gasteiger partial charge in [0.25, 0.3) is 0 Å². The van der Waals surface area contributed by atoms with E-state index in [2.05, 4.69) is 0 Å². The Kier molecular flexibility index (Phi) is 307. The molecule has 0 atom stereocenters. The van der Waals surface area contributed by atoms with E-state index < -0.39 is 0 Å². The molecule has 0 saturated heterocycles. The summed E-state index contributed by atoms with van der Waals surface area (Å²) in [6.45, 7) is 0. The summed E-state index contributed by atoms with van der Waals surface area (Å²) in [5, 5.41) is 0. The van der Waals surface area contributed by atoms with Crippen molar-refractivity contribution in [3.63, 3.8) is 0 Å². The van der Waals surface area contributed by atoms with Crippen molar-refractivity contribution in [2.75, 3.05) is 0 Å². The van der Waals surface area contributed by atoms with Gasteiger partial charge in [-0.2, -0.15) is 0 Å². The molecule has 0 bridgehead atoms. The maximum absolute atomic E-state index is 8.25. The average molecular weight is 262 g/mol. The van der Waals surface area contributed by atoms with Crippen molar-refractivity contribution < 1.29 is 34.8 Å². The molecule has 31 valence electrons. The van der Waals surface area contributed by atoms with Crippen molar-refractivity contribution >= 4 is 0 Å². The van der Waals surface area contributed by atoms with E-state index in [0.717, 1.165) is 18.9 Å². The van der Waals surface area contributed by atoms with E-state index in [4.69, 9.17) is 3.50 Å². The second kappa shape index (κ2) is 55.1. The Bertz CT molecular complexity index is 8.00. The van der Waals surface area contributed by atoms with Crippen LogP contribution in [0.15, 0.2) is 0 Å². The minimum atomic E-state index is 0. The van der Waals surface area contributed by atoms with Crippen LogP contribution in [0.5, 0.6) is 0 Å². The summed E-state index contributed by atoms with van der Waals surface area (Å²) in [5.41, 5.74) is 0. The first-order chi connectivity index (χ1) is 1.00. The first kappa shape index (κ1) is 22.3. The molecule has 0 aromatic rings. The van der Waals surface area contributed by atoms with E-state index in [-0.39, 0.29) is 18.6 Å². The number of rotatable bonds is 0. The molecule has 0 heterocycles. The second-order valence-electron chi connectivity index (χ2n) is 0. The van der Waals surface area contributed by atoms with E-state index in [0.29, 0.717) is 0 Å². The SMILES string of the molecule is [Cl-].[NH4+].[O]=[Ir]. The fourth-order valence-electron chi connectivity index (χ4n) is 0. The van der Waals surface area contributed by atoms with Crippen LogP contribution in [0.4, 0.5) is 0 Å². The van der Waals surface area contributed by atoms with Crippen molar-refractivity contribution in [2.24, 2.45) is 0 Å². The number of hydrogen-bond donors (Lipinski definition) is 1. The molecular formula is H4ClIrNO. The van der Waals surface area contributed by atoms with Gasteiger partial charge in [0.05, 0.1) is 0 Å². The van der Waals surface area contributed by atoms with E-state index >= 15 is 0 Å². The molecule has 4 heavy (non-hydrogen) atoms. The fraction of sp³-hybridized carbons (Fsp3) is 0. The molecule has 0 aliphatic heterocycles. The summed E-state index contributed by atoms with van der Waals surface area (Å²) < 4.78 is 8.25. The quantitative estimate of drug-likeness (QED) is 0.505. The molecule has 4 N–H and O–H groups in total. The van der Waals surface area contributed by atoms with Crippen molar-refractivity contribution in [1.29, 1.82) is 0 Å². The van der Waals surface area contributed by atoms with Crippen LogP contribution in [-0.4, -0.2) is 0 Å². The molecule has 0 rings (SSSR count). The molecule has 4 heteroatoms. The van der Waals surface area contributed by atoms with Gasteiger partial charge >= 0.3 is 22.4 Å². The number of quaternary nitrogens is 1. The zero-order chi connectivity index (χ0) is 2.00. The molecule has 0 aromatic carbocycles. The zero-order valence-corrected chi connectivity index (χ0v) is 5.27. The third kappa shape index (κ3) is 15.9. The van der Waals surface area contributed by atoms with Gasteiger partial charge in [0.2, 0.25) is 0 Å². The molecule has 0 aromatic heterocycles. The summed E-state index contributed by atoms with van der Waals surface area (Å²) in [5.74, 6) is 0. The third-order valence-corrected chi connectivity index (χ3v) is 0. The van der Waals surface area contributed by atoms with Gasteiger partial charge in [-0.3, -0.25) is 0 Å². The Hall–Kier alpha value is 0.699. The summed E-state index contributed by atoms with van der Waals surface area (Å²) in [6.07, 6.45) is 0. The molecule has 0 fully saturated rings. The Balaban J connectivity index is -0.00000000500. The normalized spacial score (nSPS) is 1.25. The predicted octanol–water partition coefficient (Wildman–Crippen LogP) is -2.74. The molecule has 0 amide bonds. The van der Waals surface area contributed by atoms with Gasteiger partial charge in [-0.25, -0.2) is 0 Å². The Morgan fingerprint density at radius 3 is 1.25 bits per heavy atom. The van der Waals surface area contributed by atoms with Crippen LogP contribution >= 0.6 is 0 Å².